The van der Waals surface area contributed by atoms with Gasteiger partial charge in [0.2, 0.25) is 5.89 Å². The molecule has 5 heteroatoms. The molecule has 0 amide bonds. The van der Waals surface area contributed by atoms with Crippen LogP contribution in [0.4, 0.5) is 0 Å². The lowest BCUT2D eigenvalue weighted by molar-refractivity contribution is 0.119. The molecule has 0 aliphatic carbocycles. The molecule has 1 unspecified atom stereocenters. The molecule has 0 spiro atoms. The summed E-state index contributed by atoms with van der Waals surface area (Å²) in [4.78, 5) is 4.12. The van der Waals surface area contributed by atoms with Gasteiger partial charge in [-0.05, 0) is 6.42 Å². The van der Waals surface area contributed by atoms with Crippen LogP contribution in [0, 0.1) is 0 Å². The number of hydrogen-bond acceptors (Lipinski definition) is 5. The maximum atomic E-state index is 5.79. The van der Waals surface area contributed by atoms with Crippen LogP contribution in [0.25, 0.3) is 0 Å². The molecule has 0 aliphatic heterocycles. The van der Waals surface area contributed by atoms with Crippen molar-refractivity contribution >= 4 is 0 Å². The van der Waals surface area contributed by atoms with E-state index in [1.54, 1.807) is 0 Å². The first-order valence-corrected chi connectivity index (χ1v) is 4.93. The summed E-state index contributed by atoms with van der Waals surface area (Å²) in [6.45, 7) is 5.16. The summed E-state index contributed by atoms with van der Waals surface area (Å²) in [7, 11) is 0. The van der Waals surface area contributed by atoms with Gasteiger partial charge in [0, 0.05) is 13.0 Å². The molecule has 1 rings (SSSR count). The monoisotopic (exact) mass is 199 g/mol. The van der Waals surface area contributed by atoms with Gasteiger partial charge in [-0.3, -0.25) is 0 Å². The summed E-state index contributed by atoms with van der Waals surface area (Å²) in [6, 6.07) is -0.286. The minimum Gasteiger partial charge on any atom is -0.379 e. The Hall–Kier alpha value is -0.940. The Morgan fingerprint density at radius 1 is 1.50 bits per heavy atom. The van der Waals surface area contributed by atoms with Crippen molar-refractivity contribution in [3.05, 3.63) is 11.7 Å². The minimum absolute atomic E-state index is 0.286. The third-order valence-electron chi connectivity index (χ3n) is 1.76. The zero-order valence-electron chi connectivity index (χ0n) is 8.69. The van der Waals surface area contributed by atoms with E-state index >= 15 is 0 Å². The molecule has 0 aliphatic rings. The van der Waals surface area contributed by atoms with E-state index in [0.29, 0.717) is 24.9 Å². The van der Waals surface area contributed by atoms with E-state index in [4.69, 9.17) is 15.0 Å². The second-order valence-corrected chi connectivity index (χ2v) is 3.08. The van der Waals surface area contributed by atoms with Gasteiger partial charge in [-0.25, -0.2) is 0 Å². The summed E-state index contributed by atoms with van der Waals surface area (Å²) < 4.78 is 10.2. The van der Waals surface area contributed by atoms with Gasteiger partial charge in [-0.15, -0.1) is 0 Å². The Balaban J connectivity index is 2.39. The molecule has 5 nitrogen and oxygen atoms in total. The number of hydrogen-bond donors (Lipinski definition) is 1. The number of nitrogens with two attached hydrogens (primary N) is 1. The van der Waals surface area contributed by atoms with Crippen molar-refractivity contribution in [3.8, 4) is 0 Å². The van der Waals surface area contributed by atoms with E-state index in [9.17, 15) is 0 Å². The maximum Gasteiger partial charge on any atom is 0.226 e. The summed E-state index contributed by atoms with van der Waals surface area (Å²) >= 11 is 0. The molecule has 1 heterocycles. The van der Waals surface area contributed by atoms with Crippen molar-refractivity contribution in [1.29, 1.82) is 0 Å². The predicted octanol–water partition coefficient (Wildman–Crippen LogP) is 1.06. The van der Waals surface area contributed by atoms with E-state index in [0.717, 1.165) is 12.8 Å². The number of ether oxygens (including phenoxy) is 1. The lowest BCUT2D eigenvalue weighted by atomic mass is 10.3. The van der Waals surface area contributed by atoms with Gasteiger partial charge in [0.1, 0.15) is 0 Å². The molecule has 14 heavy (non-hydrogen) atoms. The fourth-order valence-electron chi connectivity index (χ4n) is 0.991. The standard InChI is InChI=1S/C9H17N3O2/c1-3-5-13-6-7(10)9-11-8(4-2)14-12-9/h7H,3-6,10H2,1-2H3. The molecule has 2 N–H and O–H groups in total. The van der Waals surface area contributed by atoms with Crippen LogP contribution in [0.2, 0.25) is 0 Å². The summed E-state index contributed by atoms with van der Waals surface area (Å²) in [6.07, 6.45) is 1.72. The third-order valence-corrected chi connectivity index (χ3v) is 1.76. The van der Waals surface area contributed by atoms with Crippen molar-refractivity contribution in [2.75, 3.05) is 13.2 Å². The van der Waals surface area contributed by atoms with Gasteiger partial charge in [0.05, 0.1) is 12.6 Å². The second kappa shape index (κ2) is 5.72. The zero-order chi connectivity index (χ0) is 10.4. The van der Waals surface area contributed by atoms with Crippen LogP contribution < -0.4 is 5.73 Å². The second-order valence-electron chi connectivity index (χ2n) is 3.08. The minimum atomic E-state index is -0.286. The topological polar surface area (TPSA) is 74.2 Å². The Kier molecular flexibility index (Phi) is 4.55. The molecule has 0 saturated carbocycles. The summed E-state index contributed by atoms with van der Waals surface area (Å²) in [5.74, 6) is 1.14. The molecule has 1 atom stereocenters. The highest BCUT2D eigenvalue weighted by Gasteiger charge is 2.13. The number of rotatable bonds is 6. The lowest BCUT2D eigenvalue weighted by Gasteiger charge is -2.06. The van der Waals surface area contributed by atoms with Crippen LogP contribution in [0.1, 0.15) is 38.0 Å². The van der Waals surface area contributed by atoms with Crippen molar-refractivity contribution in [3.63, 3.8) is 0 Å². The van der Waals surface area contributed by atoms with Crippen LogP contribution in [0.15, 0.2) is 4.52 Å². The smallest absolute Gasteiger partial charge is 0.226 e. The van der Waals surface area contributed by atoms with Gasteiger partial charge in [0.15, 0.2) is 5.82 Å². The highest BCUT2D eigenvalue weighted by atomic mass is 16.5. The van der Waals surface area contributed by atoms with Crippen LogP contribution in [-0.2, 0) is 11.2 Å². The third kappa shape index (κ3) is 3.08. The molecular weight excluding hydrogens is 182 g/mol. The van der Waals surface area contributed by atoms with Crippen LogP contribution in [0.3, 0.4) is 0 Å². The first kappa shape index (κ1) is 11.1. The molecule has 0 aromatic carbocycles. The van der Waals surface area contributed by atoms with Crippen molar-refractivity contribution in [2.24, 2.45) is 5.73 Å². The average Bonchev–Trinajstić information content (AvgIpc) is 2.66. The van der Waals surface area contributed by atoms with Crippen LogP contribution in [0.5, 0.6) is 0 Å². The quantitative estimate of drug-likeness (QED) is 0.693. The molecular formula is C9H17N3O2. The van der Waals surface area contributed by atoms with Crippen molar-refractivity contribution < 1.29 is 9.26 Å². The Labute approximate surface area is 83.6 Å². The maximum absolute atomic E-state index is 5.79. The number of aryl methyl sites for hydroxylation is 1. The summed E-state index contributed by atoms with van der Waals surface area (Å²) in [5.41, 5.74) is 5.79. The first-order chi connectivity index (χ1) is 6.77. The van der Waals surface area contributed by atoms with Gasteiger partial charge in [-0.2, -0.15) is 4.98 Å². The van der Waals surface area contributed by atoms with Gasteiger partial charge >= 0.3 is 0 Å². The van der Waals surface area contributed by atoms with E-state index in [1.165, 1.54) is 0 Å². The molecule has 0 fully saturated rings. The van der Waals surface area contributed by atoms with Crippen molar-refractivity contribution in [2.45, 2.75) is 32.7 Å². The fraction of sp³-hybridized carbons (Fsp3) is 0.778. The largest absolute Gasteiger partial charge is 0.379 e. The van der Waals surface area contributed by atoms with Gasteiger partial charge in [-0.1, -0.05) is 19.0 Å². The van der Waals surface area contributed by atoms with E-state index < -0.39 is 0 Å². The van der Waals surface area contributed by atoms with E-state index in [1.807, 2.05) is 6.92 Å². The summed E-state index contributed by atoms with van der Waals surface area (Å²) in [5, 5.41) is 3.77. The number of aromatic nitrogens is 2. The highest BCUT2D eigenvalue weighted by Crippen LogP contribution is 2.07. The molecule has 1 aromatic rings. The lowest BCUT2D eigenvalue weighted by Crippen LogP contribution is -2.18. The van der Waals surface area contributed by atoms with Crippen molar-refractivity contribution in [1.82, 2.24) is 10.1 Å². The highest BCUT2D eigenvalue weighted by molar-refractivity contribution is 4.92. The van der Waals surface area contributed by atoms with E-state index in [-0.39, 0.29) is 6.04 Å². The molecule has 0 saturated heterocycles. The molecule has 1 aromatic heterocycles. The fourth-order valence-corrected chi connectivity index (χ4v) is 0.991. The Morgan fingerprint density at radius 2 is 2.29 bits per heavy atom. The normalized spacial score (nSPS) is 13.1. The average molecular weight is 199 g/mol. The predicted molar refractivity (Wildman–Crippen MR) is 51.7 cm³/mol. The Morgan fingerprint density at radius 3 is 2.86 bits per heavy atom. The SMILES string of the molecule is CCCOCC(N)c1noc(CC)n1. The molecule has 0 bridgehead atoms. The molecule has 80 valence electrons. The van der Waals surface area contributed by atoms with Gasteiger partial charge in [0.25, 0.3) is 0 Å². The van der Waals surface area contributed by atoms with E-state index in [2.05, 4.69) is 17.1 Å². The Bertz CT molecular complexity index is 262. The number of nitrogens with zero attached hydrogens (tertiary/aromatic N) is 2. The van der Waals surface area contributed by atoms with Crippen LogP contribution in [-0.4, -0.2) is 23.4 Å². The zero-order valence-corrected chi connectivity index (χ0v) is 8.69. The van der Waals surface area contributed by atoms with Crippen LogP contribution >= 0.6 is 0 Å². The van der Waals surface area contributed by atoms with Gasteiger partial charge < -0.3 is 15.0 Å². The molecule has 0 radical (unpaired) electrons. The first-order valence-electron chi connectivity index (χ1n) is 4.93.